The predicted octanol–water partition coefficient (Wildman–Crippen LogP) is 3.32. The van der Waals surface area contributed by atoms with E-state index in [1.807, 2.05) is 33.0 Å². The first-order valence-electron chi connectivity index (χ1n) is 11.6. The van der Waals surface area contributed by atoms with Crippen LogP contribution in [-0.4, -0.2) is 72.7 Å². The maximum Gasteiger partial charge on any atom is 0.335 e. The van der Waals surface area contributed by atoms with Crippen molar-refractivity contribution in [2.45, 2.75) is 44.4 Å². The summed E-state index contributed by atoms with van der Waals surface area (Å²) >= 11 is 0. The van der Waals surface area contributed by atoms with Crippen LogP contribution in [0.2, 0.25) is 0 Å². The lowest BCUT2D eigenvalue weighted by Gasteiger charge is -2.37. The number of aromatic carboxylic acids is 1. The Labute approximate surface area is 207 Å². The summed E-state index contributed by atoms with van der Waals surface area (Å²) in [5, 5.41) is 18.9. The van der Waals surface area contributed by atoms with Gasteiger partial charge in [0.15, 0.2) is 0 Å². The fraction of sp³-hybridized carbons (Fsp3) is 0.423. The molecule has 8 nitrogen and oxygen atoms in total. The van der Waals surface area contributed by atoms with Crippen molar-refractivity contribution < 1.29 is 28.2 Å². The Hall–Kier alpha value is -2.72. The zero-order valence-corrected chi connectivity index (χ0v) is 21.4. The van der Waals surface area contributed by atoms with Crippen molar-refractivity contribution in [3.63, 3.8) is 0 Å². The van der Waals surface area contributed by atoms with Gasteiger partial charge in [-0.25, -0.2) is 13.2 Å². The quantitative estimate of drug-likeness (QED) is 0.570. The summed E-state index contributed by atoms with van der Waals surface area (Å²) in [6, 6.07) is 11.2. The van der Waals surface area contributed by atoms with Gasteiger partial charge in [0.05, 0.1) is 12.2 Å². The lowest BCUT2D eigenvalue weighted by molar-refractivity contribution is 0.0697. The Balaban J connectivity index is 1.91. The molecule has 2 aromatic carbocycles. The first-order chi connectivity index (χ1) is 16.6. The molecule has 0 fully saturated rings. The Morgan fingerprint density at radius 2 is 1.94 bits per heavy atom. The summed E-state index contributed by atoms with van der Waals surface area (Å²) in [6.45, 7) is 6.57. The molecule has 1 aliphatic heterocycles. The third-order valence-corrected chi connectivity index (χ3v) is 8.21. The molecule has 0 unspecified atom stereocenters. The van der Waals surface area contributed by atoms with Gasteiger partial charge in [-0.3, -0.25) is 4.90 Å². The Bertz CT molecular complexity index is 1160. The summed E-state index contributed by atoms with van der Waals surface area (Å²) < 4.78 is 34.7. The number of ether oxygens (including phenoxy) is 1. The summed E-state index contributed by atoms with van der Waals surface area (Å²) in [4.78, 5) is 13.3. The minimum Gasteiger partial charge on any atom is -0.487 e. The van der Waals surface area contributed by atoms with E-state index in [9.17, 15) is 18.3 Å². The van der Waals surface area contributed by atoms with Crippen LogP contribution in [0.4, 0.5) is 0 Å². The SMILES string of the molecule is CC=Cc1ccc2c(c1)O[C@H](CN(C)Cc1ccc(C(=O)O)cc1)[C@@H](C)CN([C@@H](C)CO)S2(=O)=O. The van der Waals surface area contributed by atoms with Gasteiger partial charge >= 0.3 is 5.97 Å². The van der Waals surface area contributed by atoms with Gasteiger partial charge in [0, 0.05) is 31.6 Å². The second-order valence-corrected chi connectivity index (χ2v) is 11.0. The van der Waals surface area contributed by atoms with E-state index in [0.29, 0.717) is 18.8 Å². The van der Waals surface area contributed by atoms with E-state index in [4.69, 9.17) is 9.84 Å². The van der Waals surface area contributed by atoms with Crippen LogP contribution in [0.5, 0.6) is 5.75 Å². The third kappa shape index (κ3) is 6.29. The third-order valence-electron chi connectivity index (χ3n) is 6.20. The molecule has 0 spiro atoms. The molecule has 1 aliphatic rings. The average Bonchev–Trinajstić information content (AvgIpc) is 2.81. The summed E-state index contributed by atoms with van der Waals surface area (Å²) in [5.41, 5.74) is 2.04. The molecular weight excluding hydrogens is 468 g/mol. The fourth-order valence-corrected chi connectivity index (χ4v) is 6.02. The van der Waals surface area contributed by atoms with Crippen LogP contribution in [0.15, 0.2) is 53.4 Å². The van der Waals surface area contributed by atoms with Crippen LogP contribution in [0.25, 0.3) is 6.08 Å². The Morgan fingerprint density at radius 3 is 2.54 bits per heavy atom. The van der Waals surface area contributed by atoms with E-state index < -0.39 is 22.0 Å². The number of likely N-dealkylation sites (N-methyl/N-ethyl adjacent to an activating group) is 1. The topological polar surface area (TPSA) is 107 Å². The predicted molar refractivity (Wildman–Crippen MR) is 135 cm³/mol. The van der Waals surface area contributed by atoms with Crippen LogP contribution in [0.1, 0.15) is 42.3 Å². The van der Waals surface area contributed by atoms with Gasteiger partial charge < -0.3 is 14.9 Å². The van der Waals surface area contributed by atoms with Gasteiger partial charge in [-0.2, -0.15) is 4.31 Å². The summed E-state index contributed by atoms with van der Waals surface area (Å²) in [5.74, 6) is -0.824. The van der Waals surface area contributed by atoms with E-state index >= 15 is 0 Å². The lowest BCUT2D eigenvalue weighted by atomic mass is 10.0. The number of allylic oxidation sites excluding steroid dienone is 1. The van der Waals surface area contributed by atoms with Crippen LogP contribution < -0.4 is 4.74 Å². The van der Waals surface area contributed by atoms with Gasteiger partial charge in [-0.15, -0.1) is 0 Å². The zero-order chi connectivity index (χ0) is 25.8. The average molecular weight is 503 g/mol. The smallest absolute Gasteiger partial charge is 0.335 e. The second-order valence-electron chi connectivity index (χ2n) is 9.14. The number of aliphatic hydroxyl groups is 1. The molecule has 1 heterocycles. The Kier molecular flexibility index (Phi) is 8.71. The molecule has 3 atom stereocenters. The van der Waals surface area contributed by atoms with Crippen molar-refractivity contribution in [3.05, 3.63) is 65.2 Å². The molecule has 2 aromatic rings. The fourth-order valence-electron chi connectivity index (χ4n) is 4.19. The van der Waals surface area contributed by atoms with Gasteiger partial charge in [-0.1, -0.05) is 37.3 Å². The highest BCUT2D eigenvalue weighted by Crippen LogP contribution is 2.34. The molecule has 2 N–H and O–H groups in total. The molecule has 3 rings (SSSR count). The number of hydrogen-bond donors (Lipinski definition) is 2. The molecule has 0 aliphatic carbocycles. The molecule has 0 amide bonds. The first kappa shape index (κ1) is 26.9. The number of fused-ring (bicyclic) bond motifs is 1. The van der Waals surface area contributed by atoms with Gasteiger partial charge in [-0.05, 0) is 56.3 Å². The first-order valence-corrected chi connectivity index (χ1v) is 13.1. The number of carboxylic acids is 1. The zero-order valence-electron chi connectivity index (χ0n) is 20.6. The highest BCUT2D eigenvalue weighted by atomic mass is 32.2. The van der Waals surface area contributed by atoms with E-state index in [2.05, 4.69) is 4.90 Å². The largest absolute Gasteiger partial charge is 0.487 e. The molecule has 0 radical (unpaired) electrons. The van der Waals surface area contributed by atoms with E-state index in [1.165, 1.54) is 4.31 Å². The minimum atomic E-state index is -3.87. The van der Waals surface area contributed by atoms with Crippen LogP contribution >= 0.6 is 0 Å². The number of nitrogens with zero attached hydrogens (tertiary/aromatic N) is 2. The van der Waals surface area contributed by atoms with Crippen molar-refractivity contribution in [1.82, 2.24) is 9.21 Å². The highest BCUT2D eigenvalue weighted by Gasteiger charge is 2.38. The lowest BCUT2D eigenvalue weighted by Crippen LogP contribution is -2.49. The molecular formula is C26H34N2O6S. The van der Waals surface area contributed by atoms with E-state index in [1.54, 1.807) is 49.4 Å². The van der Waals surface area contributed by atoms with Gasteiger partial charge in [0.2, 0.25) is 10.0 Å². The van der Waals surface area contributed by atoms with Crippen molar-refractivity contribution in [1.29, 1.82) is 0 Å². The molecule has 0 saturated heterocycles. The number of aliphatic hydroxyl groups excluding tert-OH is 1. The van der Waals surface area contributed by atoms with Crippen molar-refractivity contribution in [2.24, 2.45) is 5.92 Å². The summed E-state index contributed by atoms with van der Waals surface area (Å²) in [7, 11) is -1.92. The maximum atomic E-state index is 13.5. The number of rotatable bonds is 8. The Morgan fingerprint density at radius 1 is 1.26 bits per heavy atom. The monoisotopic (exact) mass is 502 g/mol. The van der Waals surface area contributed by atoms with Crippen molar-refractivity contribution >= 4 is 22.1 Å². The number of carboxylic acid groups (broad SMARTS) is 1. The molecule has 0 bridgehead atoms. The number of carbonyl (C=O) groups is 1. The molecule has 35 heavy (non-hydrogen) atoms. The van der Waals surface area contributed by atoms with E-state index in [-0.39, 0.29) is 35.6 Å². The van der Waals surface area contributed by atoms with Crippen molar-refractivity contribution in [2.75, 3.05) is 26.7 Å². The van der Waals surface area contributed by atoms with E-state index in [0.717, 1.165) is 11.1 Å². The van der Waals surface area contributed by atoms with Crippen LogP contribution in [-0.2, 0) is 16.6 Å². The van der Waals surface area contributed by atoms with Crippen LogP contribution in [0.3, 0.4) is 0 Å². The molecule has 190 valence electrons. The highest BCUT2D eigenvalue weighted by molar-refractivity contribution is 7.89. The van der Waals surface area contributed by atoms with Crippen LogP contribution in [0, 0.1) is 5.92 Å². The summed E-state index contributed by atoms with van der Waals surface area (Å²) in [6.07, 6.45) is 3.44. The van der Waals surface area contributed by atoms with Gasteiger partial charge in [0.1, 0.15) is 16.7 Å². The maximum absolute atomic E-state index is 13.5. The molecule has 0 saturated carbocycles. The molecule has 0 aromatic heterocycles. The number of benzene rings is 2. The van der Waals surface area contributed by atoms with Gasteiger partial charge in [0.25, 0.3) is 0 Å². The molecule has 9 heteroatoms. The normalized spacial score (nSPS) is 21.2. The standard InChI is InChI=1S/C26H34N2O6S/c1-5-6-20-9-12-25-23(13-20)34-24(18(2)14-28(19(3)17-29)35(25,32)33)16-27(4)15-21-7-10-22(11-8-21)26(30)31/h5-13,18-19,24,29H,14-17H2,1-4H3,(H,30,31)/t18-,19-,24+/m0/s1. The van der Waals surface area contributed by atoms with Crippen molar-refractivity contribution in [3.8, 4) is 5.75 Å². The second kappa shape index (κ2) is 11.3. The number of sulfonamides is 1. The minimum absolute atomic E-state index is 0.0925. The number of hydrogen-bond acceptors (Lipinski definition) is 6.